The summed E-state index contributed by atoms with van der Waals surface area (Å²) in [6, 6.07) is 8.64. The third-order valence-corrected chi connectivity index (χ3v) is 2.98. The van der Waals surface area contributed by atoms with Crippen LogP contribution in [0.4, 0.5) is 0 Å². The maximum Gasteiger partial charge on any atom is 0.247 e. The van der Waals surface area contributed by atoms with Crippen LogP contribution < -0.4 is 5.32 Å². The molecule has 1 heterocycles. The number of nitrogens with zero attached hydrogens (tertiary/aromatic N) is 1. The van der Waals surface area contributed by atoms with Gasteiger partial charge in [0.15, 0.2) is 0 Å². The maximum atomic E-state index is 12.0. The van der Waals surface area contributed by atoms with Crippen LogP contribution >= 0.6 is 11.6 Å². The molecule has 5 heteroatoms. The van der Waals surface area contributed by atoms with Crippen LogP contribution in [0.3, 0.4) is 0 Å². The summed E-state index contributed by atoms with van der Waals surface area (Å²) in [5.74, 6) is -0.276. The van der Waals surface area contributed by atoms with Crippen LogP contribution in [-0.4, -0.2) is 29.8 Å². The molecule has 1 aromatic rings. The van der Waals surface area contributed by atoms with Gasteiger partial charge in [0.25, 0.3) is 0 Å². The maximum absolute atomic E-state index is 12.0. The third-order valence-electron chi connectivity index (χ3n) is 2.80. The highest BCUT2D eigenvalue weighted by Crippen LogP contribution is 2.23. The van der Waals surface area contributed by atoms with Crippen LogP contribution in [0.5, 0.6) is 0 Å². The number of hydrogen-bond acceptors (Lipinski definition) is 2. The zero-order valence-corrected chi connectivity index (χ0v) is 10.4. The van der Waals surface area contributed by atoms with Gasteiger partial charge in [-0.15, -0.1) is 0 Å². The second-order valence-corrected chi connectivity index (χ2v) is 4.19. The summed E-state index contributed by atoms with van der Waals surface area (Å²) in [7, 11) is 0. The molecule has 1 aromatic carbocycles. The van der Waals surface area contributed by atoms with Gasteiger partial charge < -0.3 is 10.2 Å². The molecule has 0 bridgehead atoms. The number of hydrogen-bond donors (Lipinski definition) is 1. The minimum Gasteiger partial charge on any atom is -0.345 e. The zero-order valence-electron chi connectivity index (χ0n) is 9.67. The molecule has 0 saturated carbocycles. The van der Waals surface area contributed by atoms with Crippen molar-refractivity contribution >= 4 is 23.4 Å². The van der Waals surface area contributed by atoms with E-state index < -0.39 is 6.04 Å². The van der Waals surface area contributed by atoms with Crippen molar-refractivity contribution in [2.24, 2.45) is 0 Å². The molecule has 1 unspecified atom stereocenters. The molecular formula is C13H13ClN2O2. The predicted molar refractivity (Wildman–Crippen MR) is 68.9 cm³/mol. The van der Waals surface area contributed by atoms with Crippen molar-refractivity contribution < 1.29 is 9.59 Å². The lowest BCUT2D eigenvalue weighted by Crippen LogP contribution is -2.53. The summed E-state index contributed by atoms with van der Waals surface area (Å²) >= 11 is 5.48. The van der Waals surface area contributed by atoms with Crippen LogP contribution in [0.15, 0.2) is 41.9 Å². The van der Waals surface area contributed by atoms with Crippen molar-refractivity contribution in [2.75, 3.05) is 13.1 Å². The first-order valence-electron chi connectivity index (χ1n) is 5.61. The normalized spacial score (nSPS) is 20.3. The summed E-state index contributed by atoms with van der Waals surface area (Å²) in [4.78, 5) is 25.3. The fourth-order valence-corrected chi connectivity index (χ4v) is 2.05. The summed E-state index contributed by atoms with van der Waals surface area (Å²) in [5.41, 5.74) is 2.15. The van der Waals surface area contributed by atoms with Gasteiger partial charge in [0, 0.05) is 12.1 Å². The van der Waals surface area contributed by atoms with E-state index in [1.165, 1.54) is 10.4 Å². The second kappa shape index (κ2) is 5.69. The highest BCUT2D eigenvalue weighted by atomic mass is 35.5. The van der Waals surface area contributed by atoms with Gasteiger partial charge in [-0.2, -0.15) is 0 Å². The molecule has 1 N–H and O–H groups in total. The smallest absolute Gasteiger partial charge is 0.247 e. The third kappa shape index (κ3) is 2.54. The molecule has 0 spiro atoms. The molecule has 1 saturated heterocycles. The van der Waals surface area contributed by atoms with Gasteiger partial charge in [-0.1, -0.05) is 48.0 Å². The van der Waals surface area contributed by atoms with Crippen LogP contribution in [0.1, 0.15) is 11.6 Å². The summed E-state index contributed by atoms with van der Waals surface area (Å²) in [5, 5.41) is 2.60. The van der Waals surface area contributed by atoms with E-state index in [9.17, 15) is 9.59 Å². The van der Waals surface area contributed by atoms with Crippen LogP contribution in [0, 0.1) is 0 Å². The molecule has 94 valence electrons. The Morgan fingerprint density at radius 3 is 2.72 bits per heavy atom. The lowest BCUT2D eigenvalue weighted by atomic mass is 10.0. The Morgan fingerprint density at radius 2 is 2.06 bits per heavy atom. The molecular weight excluding hydrogens is 252 g/mol. The number of rotatable bonds is 3. The van der Waals surface area contributed by atoms with Crippen molar-refractivity contribution in [1.82, 2.24) is 10.2 Å². The van der Waals surface area contributed by atoms with E-state index in [1.807, 2.05) is 30.3 Å². The Morgan fingerprint density at radius 1 is 1.33 bits per heavy atom. The topological polar surface area (TPSA) is 49.4 Å². The Hall–Kier alpha value is -1.81. The van der Waals surface area contributed by atoms with E-state index in [1.54, 1.807) is 6.08 Å². The molecule has 0 aromatic heterocycles. The van der Waals surface area contributed by atoms with E-state index >= 15 is 0 Å². The first-order chi connectivity index (χ1) is 8.74. The van der Waals surface area contributed by atoms with E-state index in [-0.39, 0.29) is 18.4 Å². The van der Waals surface area contributed by atoms with Gasteiger partial charge in [-0.25, -0.2) is 0 Å². The number of nitrogens with one attached hydrogen (secondary N) is 1. The fourth-order valence-electron chi connectivity index (χ4n) is 1.97. The number of carbonyl (C=O) groups excluding carboxylic acids is 2. The Labute approximate surface area is 110 Å². The predicted octanol–water partition coefficient (Wildman–Crippen LogP) is 1.44. The second-order valence-electron chi connectivity index (χ2n) is 3.94. The molecule has 0 radical (unpaired) electrons. The quantitative estimate of drug-likeness (QED) is 0.898. The average molecular weight is 265 g/mol. The van der Waals surface area contributed by atoms with E-state index in [4.69, 9.17) is 11.6 Å². The monoisotopic (exact) mass is 264 g/mol. The first kappa shape index (κ1) is 12.6. The summed E-state index contributed by atoms with van der Waals surface area (Å²) in [6.07, 6.45) is 1.65. The first-order valence-corrected chi connectivity index (χ1v) is 6.05. The highest BCUT2D eigenvalue weighted by Gasteiger charge is 2.34. The molecule has 1 aliphatic rings. The molecule has 1 aliphatic heterocycles. The Kier molecular flexibility index (Phi) is 3.99. The molecule has 2 amide bonds. The van der Waals surface area contributed by atoms with Crippen molar-refractivity contribution in [1.29, 1.82) is 0 Å². The van der Waals surface area contributed by atoms with Gasteiger partial charge >= 0.3 is 0 Å². The summed E-state index contributed by atoms with van der Waals surface area (Å²) < 4.78 is 0. The van der Waals surface area contributed by atoms with Crippen molar-refractivity contribution in [3.63, 3.8) is 0 Å². The highest BCUT2D eigenvalue weighted by molar-refractivity contribution is 6.25. The molecule has 18 heavy (non-hydrogen) atoms. The Bertz CT molecular complexity index is 473. The number of benzene rings is 1. The van der Waals surface area contributed by atoms with Crippen LogP contribution in [0.25, 0.3) is 0 Å². The summed E-state index contributed by atoms with van der Waals surface area (Å²) in [6.45, 7) is 0.369. The number of piperazine rings is 1. The van der Waals surface area contributed by atoms with E-state index in [0.717, 1.165) is 5.56 Å². The van der Waals surface area contributed by atoms with Crippen molar-refractivity contribution in [3.8, 4) is 0 Å². The van der Waals surface area contributed by atoms with Crippen molar-refractivity contribution in [2.45, 2.75) is 6.04 Å². The molecule has 1 atom stereocenters. The van der Waals surface area contributed by atoms with E-state index in [0.29, 0.717) is 6.54 Å². The SMILES string of the molecule is O=C1NCC(=O)N(C/C=C/Cl)C1c1ccccc1. The van der Waals surface area contributed by atoms with Crippen LogP contribution in [0.2, 0.25) is 0 Å². The van der Waals surface area contributed by atoms with Gasteiger partial charge in [-0.05, 0) is 5.56 Å². The van der Waals surface area contributed by atoms with Gasteiger partial charge in [0.05, 0.1) is 6.54 Å². The average Bonchev–Trinajstić information content (AvgIpc) is 2.40. The van der Waals surface area contributed by atoms with Gasteiger partial charge in [0.1, 0.15) is 6.04 Å². The lowest BCUT2D eigenvalue weighted by molar-refractivity contribution is -0.145. The van der Waals surface area contributed by atoms with Crippen molar-refractivity contribution in [3.05, 3.63) is 47.5 Å². The zero-order chi connectivity index (χ0) is 13.0. The molecule has 2 rings (SSSR count). The standard InChI is InChI=1S/C13H13ClN2O2/c14-7-4-8-16-11(17)9-15-13(18)12(16)10-5-2-1-3-6-10/h1-7,12H,8-9H2,(H,15,18)/b7-4+. The molecule has 1 fully saturated rings. The number of carbonyl (C=O) groups is 2. The number of halogens is 1. The van der Waals surface area contributed by atoms with Gasteiger partial charge in [-0.3, -0.25) is 9.59 Å². The lowest BCUT2D eigenvalue weighted by Gasteiger charge is -2.34. The van der Waals surface area contributed by atoms with E-state index in [2.05, 4.69) is 5.32 Å². The largest absolute Gasteiger partial charge is 0.345 e. The van der Waals surface area contributed by atoms with Crippen LogP contribution in [-0.2, 0) is 9.59 Å². The molecule has 4 nitrogen and oxygen atoms in total. The Balaban J connectivity index is 2.31. The fraction of sp³-hybridized carbons (Fsp3) is 0.231. The minimum atomic E-state index is -0.583. The number of amides is 2. The molecule has 0 aliphatic carbocycles. The van der Waals surface area contributed by atoms with Gasteiger partial charge in [0.2, 0.25) is 11.8 Å². The minimum absolute atomic E-state index is 0.0400.